The first kappa shape index (κ1) is 18.3. The second kappa shape index (κ2) is 9.96. The zero-order valence-corrected chi connectivity index (χ0v) is 14.9. The van der Waals surface area contributed by atoms with Crippen molar-refractivity contribution in [2.45, 2.75) is 20.0 Å². The smallest absolute Gasteiger partial charge is 0.192 e. The minimum atomic E-state index is 0.482. The van der Waals surface area contributed by atoms with Gasteiger partial charge in [-0.3, -0.25) is 4.90 Å². The molecule has 1 saturated heterocycles. The number of nitrogens with one attached hydrogen (secondary N) is 2. The van der Waals surface area contributed by atoms with Crippen molar-refractivity contribution in [3.05, 3.63) is 35.4 Å². The summed E-state index contributed by atoms with van der Waals surface area (Å²) >= 11 is 0. The Hall–Kier alpha value is -2.03. The molecule has 1 fully saturated rings. The minimum Gasteiger partial charge on any atom is -0.357 e. The summed E-state index contributed by atoms with van der Waals surface area (Å²) < 4.78 is 0. The highest BCUT2D eigenvalue weighted by Crippen LogP contribution is 2.10. The van der Waals surface area contributed by atoms with Crippen LogP contribution in [0.5, 0.6) is 0 Å². The van der Waals surface area contributed by atoms with Gasteiger partial charge in [-0.05, 0) is 25.1 Å². The summed E-state index contributed by atoms with van der Waals surface area (Å²) in [4.78, 5) is 9.45. The quantitative estimate of drug-likeness (QED) is 0.467. The predicted molar refractivity (Wildman–Crippen MR) is 101 cm³/mol. The summed E-state index contributed by atoms with van der Waals surface area (Å²) in [6.07, 6.45) is 5.28. The Kier molecular flexibility index (Phi) is 7.60. The summed E-state index contributed by atoms with van der Waals surface area (Å²) in [6, 6.07) is 8.76. The lowest BCUT2D eigenvalue weighted by Crippen LogP contribution is -2.43. The Bertz CT molecular complexity index is 550. The lowest BCUT2D eigenvalue weighted by molar-refractivity contribution is 0.148. The van der Waals surface area contributed by atoms with E-state index in [4.69, 9.17) is 6.42 Å². The van der Waals surface area contributed by atoms with Crippen LogP contribution in [0, 0.1) is 12.3 Å². The number of piperazine rings is 1. The molecule has 0 unspecified atom stereocenters. The molecule has 0 atom stereocenters. The molecule has 0 saturated carbocycles. The van der Waals surface area contributed by atoms with E-state index in [9.17, 15) is 0 Å². The van der Waals surface area contributed by atoms with E-state index in [-0.39, 0.29) is 0 Å². The van der Waals surface area contributed by atoms with E-state index in [2.05, 4.69) is 62.7 Å². The Morgan fingerprint density at radius 3 is 2.42 bits per heavy atom. The van der Waals surface area contributed by atoms with Crippen molar-refractivity contribution in [1.82, 2.24) is 20.4 Å². The second-order valence-electron chi connectivity index (χ2n) is 6.15. The number of terminal acetylenes is 1. The lowest BCUT2D eigenvalue weighted by atomic mass is 10.1. The van der Waals surface area contributed by atoms with Gasteiger partial charge in [-0.25, -0.2) is 4.99 Å². The summed E-state index contributed by atoms with van der Waals surface area (Å²) in [7, 11) is 2.19. The number of nitrogens with zero attached hydrogens (tertiary/aromatic N) is 3. The van der Waals surface area contributed by atoms with E-state index >= 15 is 0 Å². The molecule has 1 heterocycles. The van der Waals surface area contributed by atoms with Gasteiger partial charge in [-0.1, -0.05) is 30.2 Å². The predicted octanol–water partition coefficient (Wildman–Crippen LogP) is 1.12. The molecule has 2 rings (SSSR count). The van der Waals surface area contributed by atoms with Crippen LogP contribution in [-0.4, -0.2) is 62.1 Å². The van der Waals surface area contributed by atoms with Crippen molar-refractivity contribution in [1.29, 1.82) is 0 Å². The third-order valence-corrected chi connectivity index (χ3v) is 4.15. The highest BCUT2D eigenvalue weighted by molar-refractivity contribution is 5.79. The molecule has 0 aromatic heterocycles. The van der Waals surface area contributed by atoms with Crippen LogP contribution in [0.2, 0.25) is 0 Å². The van der Waals surface area contributed by atoms with Crippen LogP contribution in [0.15, 0.2) is 29.3 Å². The first-order chi connectivity index (χ1) is 11.7. The van der Waals surface area contributed by atoms with E-state index in [1.54, 1.807) is 0 Å². The molecule has 1 aromatic carbocycles. The zero-order chi connectivity index (χ0) is 17.2. The van der Waals surface area contributed by atoms with Crippen molar-refractivity contribution < 1.29 is 0 Å². The molecule has 1 aromatic rings. The topological polar surface area (TPSA) is 42.9 Å². The number of guanidine groups is 1. The highest BCUT2D eigenvalue weighted by atomic mass is 15.2. The number of likely N-dealkylation sites (N-methyl/N-ethyl adjacent to an activating group) is 1. The number of rotatable bonds is 6. The van der Waals surface area contributed by atoms with Gasteiger partial charge in [0.15, 0.2) is 5.96 Å². The maximum atomic E-state index is 5.28. The monoisotopic (exact) mass is 327 g/mol. The SMILES string of the molecule is C#CCNC(=NCc1ccc(CN2CCN(C)CC2)cc1)NCC. The normalized spacial score (nSPS) is 16.6. The van der Waals surface area contributed by atoms with Crippen molar-refractivity contribution >= 4 is 5.96 Å². The van der Waals surface area contributed by atoms with Crippen molar-refractivity contribution in [2.75, 3.05) is 46.3 Å². The first-order valence-corrected chi connectivity index (χ1v) is 8.65. The molecular weight excluding hydrogens is 298 g/mol. The Morgan fingerprint density at radius 1 is 1.12 bits per heavy atom. The average molecular weight is 327 g/mol. The first-order valence-electron chi connectivity index (χ1n) is 8.65. The van der Waals surface area contributed by atoms with Gasteiger partial charge in [-0.2, -0.15) is 0 Å². The van der Waals surface area contributed by atoms with E-state index < -0.39 is 0 Å². The minimum absolute atomic E-state index is 0.482. The maximum Gasteiger partial charge on any atom is 0.192 e. The van der Waals surface area contributed by atoms with Gasteiger partial charge >= 0.3 is 0 Å². The summed E-state index contributed by atoms with van der Waals surface area (Å²) in [5, 5.41) is 6.29. The van der Waals surface area contributed by atoms with Crippen molar-refractivity contribution in [2.24, 2.45) is 4.99 Å². The van der Waals surface area contributed by atoms with Gasteiger partial charge in [0.1, 0.15) is 0 Å². The molecule has 0 bridgehead atoms. The van der Waals surface area contributed by atoms with Crippen LogP contribution >= 0.6 is 0 Å². The molecule has 0 amide bonds. The number of hydrogen-bond acceptors (Lipinski definition) is 3. The Labute approximate surface area is 146 Å². The van der Waals surface area contributed by atoms with Crippen LogP contribution in [0.25, 0.3) is 0 Å². The molecular formula is C19H29N5. The fraction of sp³-hybridized carbons (Fsp3) is 0.526. The Morgan fingerprint density at radius 2 is 1.79 bits per heavy atom. The number of aliphatic imine (C=N–C) groups is 1. The molecule has 0 radical (unpaired) electrons. The van der Waals surface area contributed by atoms with E-state index in [0.717, 1.165) is 45.2 Å². The molecule has 5 nitrogen and oxygen atoms in total. The van der Waals surface area contributed by atoms with E-state index in [1.165, 1.54) is 11.1 Å². The fourth-order valence-corrected chi connectivity index (χ4v) is 2.66. The number of benzene rings is 1. The van der Waals surface area contributed by atoms with Gasteiger partial charge in [-0.15, -0.1) is 6.42 Å². The molecule has 0 aliphatic carbocycles. The van der Waals surface area contributed by atoms with Crippen LogP contribution in [-0.2, 0) is 13.1 Å². The van der Waals surface area contributed by atoms with E-state index in [1.807, 2.05) is 6.92 Å². The summed E-state index contributed by atoms with van der Waals surface area (Å²) in [6.45, 7) is 9.63. The third-order valence-electron chi connectivity index (χ3n) is 4.15. The van der Waals surface area contributed by atoms with E-state index in [0.29, 0.717) is 13.1 Å². The average Bonchev–Trinajstić information content (AvgIpc) is 2.60. The lowest BCUT2D eigenvalue weighted by Gasteiger charge is -2.32. The fourth-order valence-electron chi connectivity index (χ4n) is 2.66. The van der Waals surface area contributed by atoms with Crippen molar-refractivity contribution in [3.63, 3.8) is 0 Å². The largest absolute Gasteiger partial charge is 0.357 e. The molecule has 2 N–H and O–H groups in total. The van der Waals surface area contributed by atoms with Gasteiger partial charge in [0.2, 0.25) is 0 Å². The van der Waals surface area contributed by atoms with Gasteiger partial charge in [0.05, 0.1) is 13.1 Å². The van der Waals surface area contributed by atoms with Crippen LogP contribution in [0.1, 0.15) is 18.1 Å². The highest BCUT2D eigenvalue weighted by Gasteiger charge is 2.13. The molecule has 1 aliphatic rings. The van der Waals surface area contributed by atoms with Gasteiger partial charge in [0.25, 0.3) is 0 Å². The molecule has 0 spiro atoms. The van der Waals surface area contributed by atoms with Gasteiger partial charge in [0, 0.05) is 39.3 Å². The van der Waals surface area contributed by atoms with Crippen LogP contribution in [0.3, 0.4) is 0 Å². The molecule has 24 heavy (non-hydrogen) atoms. The van der Waals surface area contributed by atoms with Crippen LogP contribution in [0.4, 0.5) is 0 Å². The molecule has 130 valence electrons. The second-order valence-corrected chi connectivity index (χ2v) is 6.15. The third kappa shape index (κ3) is 6.23. The Balaban J connectivity index is 1.85. The van der Waals surface area contributed by atoms with Crippen molar-refractivity contribution in [3.8, 4) is 12.3 Å². The summed E-state index contributed by atoms with van der Waals surface area (Å²) in [5.41, 5.74) is 2.57. The summed E-state index contributed by atoms with van der Waals surface area (Å²) in [5.74, 6) is 3.33. The molecule has 1 aliphatic heterocycles. The molecule has 5 heteroatoms. The number of hydrogen-bond donors (Lipinski definition) is 2. The van der Waals surface area contributed by atoms with Gasteiger partial charge < -0.3 is 15.5 Å². The van der Waals surface area contributed by atoms with Crippen LogP contribution < -0.4 is 10.6 Å². The maximum absolute atomic E-state index is 5.28. The standard InChI is InChI=1S/C19H29N5/c1-4-10-21-19(20-5-2)22-15-17-6-8-18(9-7-17)16-24-13-11-23(3)12-14-24/h1,6-9H,5,10-16H2,2-3H3,(H2,20,21,22). The zero-order valence-electron chi connectivity index (χ0n) is 14.9.